The molecule has 1 saturated heterocycles. The highest BCUT2D eigenvalue weighted by molar-refractivity contribution is 5.83. The van der Waals surface area contributed by atoms with Crippen molar-refractivity contribution in [1.82, 2.24) is 5.32 Å². The number of aliphatic carboxylic acids is 1. The number of alkyl halides is 1. The maximum atomic E-state index is 13.9. The highest BCUT2D eigenvalue weighted by Gasteiger charge is 2.49. The Morgan fingerprint density at radius 3 is 2.81 bits per heavy atom. The Kier molecular flexibility index (Phi) is 4.23. The topological polar surface area (TPSA) is 75.6 Å². The lowest BCUT2D eigenvalue weighted by Gasteiger charge is -2.16. The molecule has 1 heterocycles. The molecule has 0 aromatic carbocycles. The van der Waals surface area contributed by atoms with Crippen molar-refractivity contribution in [3.63, 3.8) is 0 Å². The summed E-state index contributed by atoms with van der Waals surface area (Å²) in [7, 11) is 0. The van der Waals surface area contributed by atoms with Crippen LogP contribution in [0.25, 0.3) is 0 Å². The maximum absolute atomic E-state index is 13.9. The Morgan fingerprint density at radius 1 is 1.62 bits per heavy atom. The first-order valence-corrected chi connectivity index (χ1v) is 5.32. The van der Waals surface area contributed by atoms with Gasteiger partial charge in [0.15, 0.2) is 0 Å². The molecule has 5 nitrogen and oxygen atoms in total. The molecule has 2 N–H and O–H groups in total. The lowest BCUT2D eigenvalue weighted by molar-refractivity contribution is -0.156. The van der Waals surface area contributed by atoms with E-state index < -0.39 is 23.6 Å². The number of carboxylic acids is 1. The number of esters is 1. The van der Waals surface area contributed by atoms with Gasteiger partial charge in [-0.3, -0.25) is 4.79 Å². The molecule has 0 aromatic heterocycles. The van der Waals surface area contributed by atoms with Gasteiger partial charge in [-0.15, -0.1) is 0 Å². The molecule has 16 heavy (non-hydrogen) atoms. The van der Waals surface area contributed by atoms with Gasteiger partial charge in [0.2, 0.25) is 5.67 Å². The van der Waals surface area contributed by atoms with Crippen molar-refractivity contribution in [2.75, 3.05) is 13.2 Å². The van der Waals surface area contributed by atoms with Crippen LogP contribution in [0, 0.1) is 0 Å². The first-order valence-electron chi connectivity index (χ1n) is 5.32. The second-order valence-corrected chi connectivity index (χ2v) is 3.93. The minimum atomic E-state index is -2.20. The van der Waals surface area contributed by atoms with Crippen LogP contribution < -0.4 is 5.32 Å². The van der Waals surface area contributed by atoms with Crippen molar-refractivity contribution >= 4 is 11.9 Å². The predicted octanol–water partition coefficient (Wildman–Crippen LogP) is 0.484. The summed E-state index contributed by atoms with van der Waals surface area (Å²) in [5, 5.41) is 11.1. The zero-order chi connectivity index (χ0) is 12.2. The van der Waals surface area contributed by atoms with E-state index in [1.54, 1.807) is 0 Å². The lowest BCUT2D eigenvalue weighted by atomic mass is 10.0. The summed E-state index contributed by atoms with van der Waals surface area (Å²) in [6.45, 7) is 1.81. The highest BCUT2D eigenvalue weighted by Crippen LogP contribution is 2.25. The van der Waals surface area contributed by atoms with E-state index >= 15 is 0 Å². The summed E-state index contributed by atoms with van der Waals surface area (Å²) >= 11 is 0. The number of halogens is 1. The van der Waals surface area contributed by atoms with Gasteiger partial charge in [-0.1, -0.05) is 13.3 Å². The number of hydrogen-bond donors (Lipinski definition) is 2. The first-order chi connectivity index (χ1) is 7.49. The molecule has 2 atom stereocenters. The predicted molar refractivity (Wildman–Crippen MR) is 53.7 cm³/mol. The van der Waals surface area contributed by atoms with Crippen molar-refractivity contribution in [2.24, 2.45) is 0 Å². The number of rotatable bonds is 5. The number of unbranched alkanes of at least 4 members (excludes halogenated alkanes) is 1. The van der Waals surface area contributed by atoms with Gasteiger partial charge in [0.25, 0.3) is 0 Å². The van der Waals surface area contributed by atoms with Crippen LogP contribution in [0.1, 0.15) is 26.2 Å². The first kappa shape index (κ1) is 12.9. The minimum absolute atomic E-state index is 0.179. The minimum Gasteiger partial charge on any atom is -0.480 e. The maximum Gasteiger partial charge on any atom is 0.345 e. The molecule has 1 fully saturated rings. The van der Waals surface area contributed by atoms with Crippen LogP contribution in [0.2, 0.25) is 0 Å². The van der Waals surface area contributed by atoms with Crippen LogP contribution in [0.5, 0.6) is 0 Å². The van der Waals surface area contributed by atoms with Crippen LogP contribution in [-0.4, -0.2) is 41.9 Å². The van der Waals surface area contributed by atoms with E-state index in [9.17, 15) is 14.0 Å². The number of carbonyl (C=O) groups is 2. The van der Waals surface area contributed by atoms with Gasteiger partial charge in [0.05, 0.1) is 6.61 Å². The van der Waals surface area contributed by atoms with E-state index in [1.165, 1.54) is 0 Å². The summed E-state index contributed by atoms with van der Waals surface area (Å²) in [5.74, 6) is -2.11. The van der Waals surface area contributed by atoms with Crippen molar-refractivity contribution in [3.05, 3.63) is 0 Å². The van der Waals surface area contributed by atoms with Gasteiger partial charge in [-0.25, -0.2) is 9.18 Å². The molecule has 1 rings (SSSR count). The molecule has 0 bridgehead atoms. The zero-order valence-electron chi connectivity index (χ0n) is 9.16. The molecule has 0 saturated carbocycles. The second-order valence-electron chi connectivity index (χ2n) is 3.93. The average molecular weight is 233 g/mol. The molecule has 6 heteroatoms. The third-order valence-electron chi connectivity index (χ3n) is 2.55. The van der Waals surface area contributed by atoms with E-state index in [0.29, 0.717) is 6.42 Å². The van der Waals surface area contributed by atoms with Gasteiger partial charge in [0.1, 0.15) is 6.04 Å². The Hall–Kier alpha value is -1.17. The Morgan fingerprint density at radius 2 is 2.31 bits per heavy atom. The SMILES string of the molecule is CCCCOC(=O)C1(F)CNC(C(=O)O)C1. The molecular weight excluding hydrogens is 217 g/mol. The van der Waals surface area contributed by atoms with Crippen molar-refractivity contribution in [3.8, 4) is 0 Å². The van der Waals surface area contributed by atoms with Crippen molar-refractivity contribution in [1.29, 1.82) is 0 Å². The molecule has 0 amide bonds. The summed E-state index contributed by atoms with van der Waals surface area (Å²) in [6.07, 6.45) is 1.16. The van der Waals surface area contributed by atoms with E-state index in [0.717, 1.165) is 6.42 Å². The fraction of sp³-hybridized carbons (Fsp3) is 0.800. The summed E-state index contributed by atoms with van der Waals surface area (Å²) < 4.78 is 18.7. The normalized spacial score (nSPS) is 29.0. The molecule has 0 spiro atoms. The van der Waals surface area contributed by atoms with Crippen LogP contribution in [-0.2, 0) is 14.3 Å². The van der Waals surface area contributed by atoms with Gasteiger partial charge < -0.3 is 15.2 Å². The van der Waals surface area contributed by atoms with Crippen LogP contribution >= 0.6 is 0 Å². The number of ether oxygens (including phenoxy) is 1. The monoisotopic (exact) mass is 233 g/mol. The summed E-state index contributed by atoms with van der Waals surface area (Å²) in [5.41, 5.74) is -2.20. The van der Waals surface area contributed by atoms with Crippen molar-refractivity contribution < 1.29 is 23.8 Å². The molecule has 92 valence electrons. The van der Waals surface area contributed by atoms with Gasteiger partial charge in [0, 0.05) is 13.0 Å². The zero-order valence-corrected chi connectivity index (χ0v) is 9.16. The van der Waals surface area contributed by atoms with Gasteiger partial charge in [-0.05, 0) is 6.42 Å². The molecule has 0 radical (unpaired) electrons. The molecule has 1 aliphatic rings. The summed E-state index contributed by atoms with van der Waals surface area (Å²) in [6, 6.07) is -1.01. The number of carbonyl (C=O) groups excluding carboxylic acids is 1. The summed E-state index contributed by atoms with van der Waals surface area (Å²) in [4.78, 5) is 22.0. The Bertz CT molecular complexity index is 284. The van der Waals surface area contributed by atoms with E-state index in [1.807, 2.05) is 6.92 Å². The average Bonchev–Trinajstić information content (AvgIpc) is 2.63. The largest absolute Gasteiger partial charge is 0.480 e. The van der Waals surface area contributed by atoms with E-state index in [4.69, 9.17) is 9.84 Å². The number of carboxylic acid groups (broad SMARTS) is 1. The number of hydrogen-bond acceptors (Lipinski definition) is 4. The standard InChI is InChI=1S/C10H16FNO4/c1-2-3-4-16-9(15)10(11)5-7(8(13)14)12-6-10/h7,12H,2-6H2,1H3,(H,13,14). The molecule has 0 aromatic rings. The fourth-order valence-electron chi connectivity index (χ4n) is 1.52. The molecule has 2 unspecified atom stereocenters. The lowest BCUT2D eigenvalue weighted by Crippen LogP contribution is -2.37. The second kappa shape index (κ2) is 5.25. The van der Waals surface area contributed by atoms with Gasteiger partial charge in [-0.2, -0.15) is 0 Å². The molecular formula is C10H16FNO4. The smallest absolute Gasteiger partial charge is 0.345 e. The fourth-order valence-corrected chi connectivity index (χ4v) is 1.52. The van der Waals surface area contributed by atoms with Crippen LogP contribution in [0.4, 0.5) is 4.39 Å². The molecule has 1 aliphatic heterocycles. The van der Waals surface area contributed by atoms with E-state index in [2.05, 4.69) is 5.32 Å². The van der Waals surface area contributed by atoms with E-state index in [-0.39, 0.29) is 19.6 Å². The van der Waals surface area contributed by atoms with Crippen LogP contribution in [0.3, 0.4) is 0 Å². The quantitative estimate of drug-likeness (QED) is 0.533. The third-order valence-corrected chi connectivity index (χ3v) is 2.55. The highest BCUT2D eigenvalue weighted by atomic mass is 19.1. The van der Waals surface area contributed by atoms with Gasteiger partial charge >= 0.3 is 11.9 Å². The Labute approximate surface area is 93.0 Å². The molecule has 0 aliphatic carbocycles. The Balaban J connectivity index is 2.46. The third kappa shape index (κ3) is 2.91. The van der Waals surface area contributed by atoms with Crippen LogP contribution in [0.15, 0.2) is 0 Å². The van der Waals surface area contributed by atoms with Crippen molar-refractivity contribution in [2.45, 2.75) is 37.9 Å². The number of nitrogens with one attached hydrogen (secondary N) is 1.